The summed E-state index contributed by atoms with van der Waals surface area (Å²) >= 11 is 1.42. The van der Waals surface area contributed by atoms with E-state index < -0.39 is 5.97 Å². The van der Waals surface area contributed by atoms with Gasteiger partial charge in [-0.1, -0.05) is 26.7 Å². The van der Waals surface area contributed by atoms with Gasteiger partial charge >= 0.3 is 5.97 Å². The molecule has 0 aliphatic heterocycles. The summed E-state index contributed by atoms with van der Waals surface area (Å²) < 4.78 is 0. The molecule has 0 saturated heterocycles. The molecule has 3 N–H and O–H groups in total. The van der Waals surface area contributed by atoms with E-state index in [4.69, 9.17) is 5.11 Å². The summed E-state index contributed by atoms with van der Waals surface area (Å²) in [6.45, 7) is 5.31. The van der Waals surface area contributed by atoms with Crippen LogP contribution in [0.5, 0.6) is 0 Å². The lowest BCUT2D eigenvalue weighted by atomic mass is 9.96. The van der Waals surface area contributed by atoms with Gasteiger partial charge in [0.15, 0.2) is 0 Å². The minimum absolute atomic E-state index is 0.329. The number of hydrogen-bond acceptors (Lipinski definition) is 4. The van der Waals surface area contributed by atoms with Crippen LogP contribution in [0.1, 0.15) is 41.9 Å². The second-order valence-electron chi connectivity index (χ2n) is 4.38. The normalized spacial score (nSPS) is 12.9. The van der Waals surface area contributed by atoms with Gasteiger partial charge in [0.05, 0.1) is 11.7 Å². The number of aromatic carboxylic acids is 1. The zero-order valence-electron chi connectivity index (χ0n) is 10.8. The lowest BCUT2D eigenvalue weighted by Gasteiger charge is -2.20. The third kappa shape index (κ3) is 4.40. The fourth-order valence-corrected chi connectivity index (χ4v) is 2.76. The zero-order valence-corrected chi connectivity index (χ0v) is 11.7. The van der Waals surface area contributed by atoms with E-state index in [1.165, 1.54) is 11.3 Å². The molecule has 1 heterocycles. The van der Waals surface area contributed by atoms with Crippen molar-refractivity contribution in [2.24, 2.45) is 5.92 Å². The Balaban J connectivity index is 2.34. The number of thiophene rings is 1. The molecule has 0 amide bonds. The Morgan fingerprint density at radius 2 is 2.11 bits per heavy atom. The smallest absolute Gasteiger partial charge is 0.336 e. The largest absolute Gasteiger partial charge is 0.478 e. The number of nitrogens with one attached hydrogen (secondary N) is 1. The number of carboxylic acids is 1. The van der Waals surface area contributed by atoms with Crippen LogP contribution in [0, 0.1) is 5.92 Å². The van der Waals surface area contributed by atoms with Crippen LogP contribution in [0.2, 0.25) is 0 Å². The van der Waals surface area contributed by atoms with Crippen molar-refractivity contribution >= 4 is 17.3 Å². The van der Waals surface area contributed by atoms with Gasteiger partial charge in [0.2, 0.25) is 0 Å². The summed E-state index contributed by atoms with van der Waals surface area (Å²) in [5.74, 6) is -0.565. The molecular weight excluding hydrogens is 250 g/mol. The highest BCUT2D eigenvalue weighted by atomic mass is 32.1. The molecule has 1 unspecified atom stereocenters. The molecule has 1 aromatic rings. The maximum atomic E-state index is 10.7. The van der Waals surface area contributed by atoms with Crippen molar-refractivity contribution in [1.29, 1.82) is 0 Å². The summed E-state index contributed by atoms with van der Waals surface area (Å²) in [6.07, 6.45) is 1.61. The van der Waals surface area contributed by atoms with Crippen molar-refractivity contribution in [3.05, 3.63) is 21.9 Å². The molecule has 0 aromatic carbocycles. The van der Waals surface area contributed by atoms with Crippen molar-refractivity contribution in [2.75, 3.05) is 6.54 Å². The maximum Gasteiger partial charge on any atom is 0.336 e. The summed E-state index contributed by atoms with van der Waals surface area (Å²) in [7, 11) is 0. The molecule has 0 bridgehead atoms. The Hall–Kier alpha value is -0.910. The standard InChI is InChI=1S/C13H21NO3S/c1-3-9(4-2)12(15)7-14-6-11-5-10(8-18-11)13(16)17/h5,8-9,12,14-15H,3-4,6-7H2,1-2H3,(H,16,17). The van der Waals surface area contributed by atoms with Crippen molar-refractivity contribution in [3.8, 4) is 0 Å². The first kappa shape index (κ1) is 15.1. The van der Waals surface area contributed by atoms with Crippen LogP contribution in [0.25, 0.3) is 0 Å². The number of carboxylic acid groups (broad SMARTS) is 1. The Morgan fingerprint density at radius 3 is 2.61 bits per heavy atom. The van der Waals surface area contributed by atoms with Crippen LogP contribution >= 0.6 is 11.3 Å². The van der Waals surface area contributed by atoms with E-state index >= 15 is 0 Å². The molecule has 5 heteroatoms. The van der Waals surface area contributed by atoms with Gasteiger partial charge in [0.1, 0.15) is 0 Å². The maximum absolute atomic E-state index is 10.7. The second-order valence-corrected chi connectivity index (χ2v) is 5.38. The van der Waals surface area contributed by atoms with E-state index in [0.717, 1.165) is 17.7 Å². The Kier molecular flexibility index (Phi) is 6.32. The highest BCUT2D eigenvalue weighted by molar-refractivity contribution is 7.10. The minimum atomic E-state index is -0.894. The van der Waals surface area contributed by atoms with Gasteiger partial charge in [0.25, 0.3) is 0 Å². The summed E-state index contributed by atoms with van der Waals surface area (Å²) in [4.78, 5) is 11.7. The molecule has 0 aliphatic rings. The van der Waals surface area contributed by atoms with E-state index in [1.807, 2.05) is 0 Å². The summed E-state index contributed by atoms with van der Waals surface area (Å²) in [5, 5.41) is 23.5. The van der Waals surface area contributed by atoms with E-state index in [2.05, 4.69) is 19.2 Å². The van der Waals surface area contributed by atoms with Gasteiger partial charge in [-0.25, -0.2) is 4.79 Å². The number of carbonyl (C=O) groups is 1. The topological polar surface area (TPSA) is 69.6 Å². The fourth-order valence-electron chi connectivity index (χ4n) is 1.93. The first-order chi connectivity index (χ1) is 8.58. The van der Waals surface area contributed by atoms with Crippen LogP contribution in [0.4, 0.5) is 0 Å². The Morgan fingerprint density at radius 1 is 1.44 bits per heavy atom. The average molecular weight is 271 g/mol. The van der Waals surface area contributed by atoms with Crippen molar-refractivity contribution in [1.82, 2.24) is 5.32 Å². The molecule has 4 nitrogen and oxygen atoms in total. The van der Waals surface area contributed by atoms with Crippen molar-refractivity contribution < 1.29 is 15.0 Å². The second kappa shape index (κ2) is 7.51. The average Bonchev–Trinajstić information content (AvgIpc) is 2.79. The van der Waals surface area contributed by atoms with Crippen LogP contribution in [-0.2, 0) is 6.54 Å². The van der Waals surface area contributed by atoms with Crippen LogP contribution < -0.4 is 5.32 Å². The van der Waals surface area contributed by atoms with Gasteiger partial charge in [-0.2, -0.15) is 0 Å². The Labute approximate surface area is 112 Å². The molecule has 0 aliphatic carbocycles. The number of aliphatic hydroxyl groups excluding tert-OH is 1. The van der Waals surface area contributed by atoms with Crippen LogP contribution in [0.15, 0.2) is 11.4 Å². The SMILES string of the molecule is CCC(CC)C(O)CNCc1cc(C(=O)O)cs1. The van der Waals surface area contributed by atoms with E-state index in [0.29, 0.717) is 24.6 Å². The quantitative estimate of drug-likeness (QED) is 0.679. The van der Waals surface area contributed by atoms with Gasteiger partial charge in [-0.3, -0.25) is 0 Å². The molecule has 102 valence electrons. The predicted octanol–water partition coefficient (Wildman–Crippen LogP) is 2.33. The molecule has 0 radical (unpaired) electrons. The summed E-state index contributed by atoms with van der Waals surface area (Å²) in [5.41, 5.74) is 0.331. The van der Waals surface area contributed by atoms with E-state index in [-0.39, 0.29) is 6.10 Å². The minimum Gasteiger partial charge on any atom is -0.478 e. The number of hydrogen-bond donors (Lipinski definition) is 3. The summed E-state index contributed by atoms with van der Waals surface area (Å²) in [6, 6.07) is 1.67. The van der Waals surface area contributed by atoms with Crippen LogP contribution in [-0.4, -0.2) is 28.8 Å². The number of rotatable bonds is 8. The monoisotopic (exact) mass is 271 g/mol. The molecule has 1 rings (SSSR count). The van der Waals surface area contributed by atoms with E-state index in [1.54, 1.807) is 11.4 Å². The van der Waals surface area contributed by atoms with E-state index in [9.17, 15) is 9.90 Å². The Bertz CT molecular complexity index is 374. The highest BCUT2D eigenvalue weighted by Gasteiger charge is 2.14. The highest BCUT2D eigenvalue weighted by Crippen LogP contribution is 2.15. The van der Waals surface area contributed by atoms with Crippen molar-refractivity contribution in [2.45, 2.75) is 39.3 Å². The molecule has 0 spiro atoms. The fraction of sp³-hybridized carbons (Fsp3) is 0.615. The van der Waals surface area contributed by atoms with Gasteiger partial charge in [-0.15, -0.1) is 11.3 Å². The first-order valence-electron chi connectivity index (χ1n) is 6.27. The predicted molar refractivity (Wildman–Crippen MR) is 73.1 cm³/mol. The lowest BCUT2D eigenvalue weighted by molar-refractivity contribution is 0.0697. The molecule has 1 aromatic heterocycles. The molecule has 18 heavy (non-hydrogen) atoms. The molecule has 0 saturated carbocycles. The molecular formula is C13H21NO3S. The molecule has 1 atom stereocenters. The first-order valence-corrected chi connectivity index (χ1v) is 7.15. The van der Waals surface area contributed by atoms with Crippen LogP contribution in [0.3, 0.4) is 0 Å². The number of aliphatic hydroxyl groups is 1. The molecule has 0 fully saturated rings. The van der Waals surface area contributed by atoms with Gasteiger partial charge < -0.3 is 15.5 Å². The zero-order chi connectivity index (χ0) is 13.5. The van der Waals surface area contributed by atoms with Crippen molar-refractivity contribution in [3.63, 3.8) is 0 Å². The third-order valence-corrected chi connectivity index (χ3v) is 4.08. The van der Waals surface area contributed by atoms with Gasteiger partial charge in [-0.05, 0) is 12.0 Å². The lowest BCUT2D eigenvalue weighted by Crippen LogP contribution is -2.32. The van der Waals surface area contributed by atoms with Gasteiger partial charge in [0, 0.05) is 23.3 Å². The third-order valence-electron chi connectivity index (χ3n) is 3.15.